The largest absolute Gasteiger partial charge is 0.353 e. The molecule has 0 bridgehead atoms. The third-order valence-corrected chi connectivity index (χ3v) is 2.69. The number of nitrogens with one attached hydrogen (secondary N) is 2. The molecule has 3 nitrogen and oxygen atoms in total. The molecule has 0 spiro atoms. The molecule has 0 rings (SSSR count). The van der Waals surface area contributed by atoms with Crippen molar-refractivity contribution in [1.82, 2.24) is 10.6 Å². The number of carbonyl (C=O) groups excluding carboxylic acids is 1. The minimum Gasteiger partial charge on any atom is -0.353 e. The standard InChI is InChI=1S/C13H28N2O/c1-5-12(4)15-13(16)10-14-9-7-6-8-11(2)3/h11-12,14H,5-10H2,1-4H3,(H,15,16). The summed E-state index contributed by atoms with van der Waals surface area (Å²) in [5.74, 6) is 0.895. The van der Waals surface area contributed by atoms with Gasteiger partial charge in [0.05, 0.1) is 6.54 Å². The molecule has 0 aliphatic rings. The zero-order chi connectivity index (χ0) is 12.4. The van der Waals surface area contributed by atoms with Gasteiger partial charge in [0.1, 0.15) is 0 Å². The second-order valence-corrected chi connectivity index (χ2v) is 4.94. The van der Waals surface area contributed by atoms with Crippen molar-refractivity contribution in [2.45, 2.75) is 59.4 Å². The maximum Gasteiger partial charge on any atom is 0.234 e. The summed E-state index contributed by atoms with van der Waals surface area (Å²) < 4.78 is 0. The van der Waals surface area contributed by atoms with Crippen molar-refractivity contribution in [1.29, 1.82) is 0 Å². The first kappa shape index (κ1) is 15.4. The Balaban J connectivity index is 3.28. The highest BCUT2D eigenvalue weighted by molar-refractivity contribution is 5.78. The molecular weight excluding hydrogens is 200 g/mol. The molecule has 0 aromatic rings. The van der Waals surface area contributed by atoms with Gasteiger partial charge in [-0.3, -0.25) is 4.79 Å². The molecule has 0 aliphatic carbocycles. The van der Waals surface area contributed by atoms with E-state index in [2.05, 4.69) is 31.4 Å². The quantitative estimate of drug-likeness (QED) is 0.595. The van der Waals surface area contributed by atoms with E-state index in [1.165, 1.54) is 12.8 Å². The number of amides is 1. The maximum atomic E-state index is 11.4. The highest BCUT2D eigenvalue weighted by Gasteiger charge is 2.03. The van der Waals surface area contributed by atoms with Crippen LogP contribution < -0.4 is 10.6 Å². The summed E-state index contributed by atoms with van der Waals surface area (Å²) in [5.41, 5.74) is 0. The van der Waals surface area contributed by atoms with Gasteiger partial charge in [0.2, 0.25) is 5.91 Å². The zero-order valence-electron chi connectivity index (χ0n) is 11.3. The predicted octanol–water partition coefficient (Wildman–Crippen LogP) is 2.32. The van der Waals surface area contributed by atoms with Crippen molar-refractivity contribution >= 4 is 5.91 Å². The highest BCUT2D eigenvalue weighted by Crippen LogP contribution is 2.04. The molecule has 96 valence electrons. The van der Waals surface area contributed by atoms with Crippen LogP contribution in [0.5, 0.6) is 0 Å². The second kappa shape index (κ2) is 9.64. The van der Waals surface area contributed by atoms with Crippen LogP contribution in [0, 0.1) is 5.92 Å². The molecule has 0 aliphatic heterocycles. The minimum absolute atomic E-state index is 0.109. The van der Waals surface area contributed by atoms with Crippen molar-refractivity contribution in [2.75, 3.05) is 13.1 Å². The lowest BCUT2D eigenvalue weighted by atomic mass is 10.1. The predicted molar refractivity (Wildman–Crippen MR) is 69.5 cm³/mol. The van der Waals surface area contributed by atoms with Gasteiger partial charge in [0, 0.05) is 6.04 Å². The van der Waals surface area contributed by atoms with Gasteiger partial charge in [-0.1, -0.05) is 33.6 Å². The minimum atomic E-state index is 0.109. The summed E-state index contributed by atoms with van der Waals surface area (Å²) in [6.07, 6.45) is 4.67. The second-order valence-electron chi connectivity index (χ2n) is 4.94. The molecule has 0 radical (unpaired) electrons. The van der Waals surface area contributed by atoms with Crippen LogP contribution in [0.2, 0.25) is 0 Å². The van der Waals surface area contributed by atoms with Gasteiger partial charge in [-0.15, -0.1) is 0 Å². The van der Waals surface area contributed by atoms with Gasteiger partial charge in [-0.05, 0) is 32.2 Å². The number of carbonyl (C=O) groups is 1. The summed E-state index contributed by atoms with van der Waals surface area (Å²) in [6, 6.07) is 0.287. The van der Waals surface area contributed by atoms with Crippen LogP contribution in [-0.2, 0) is 4.79 Å². The molecular formula is C13H28N2O. The van der Waals surface area contributed by atoms with Gasteiger partial charge < -0.3 is 10.6 Å². The fourth-order valence-electron chi connectivity index (χ4n) is 1.43. The lowest BCUT2D eigenvalue weighted by molar-refractivity contribution is -0.120. The molecule has 0 aromatic carbocycles. The van der Waals surface area contributed by atoms with E-state index < -0.39 is 0 Å². The fraction of sp³-hybridized carbons (Fsp3) is 0.923. The zero-order valence-corrected chi connectivity index (χ0v) is 11.3. The van der Waals surface area contributed by atoms with Crippen LogP contribution >= 0.6 is 0 Å². The Kier molecular flexibility index (Phi) is 9.30. The van der Waals surface area contributed by atoms with Crippen LogP contribution in [0.3, 0.4) is 0 Å². The van der Waals surface area contributed by atoms with Crippen LogP contribution in [0.4, 0.5) is 0 Å². The Morgan fingerprint density at radius 3 is 2.44 bits per heavy atom. The first-order valence-corrected chi connectivity index (χ1v) is 6.56. The monoisotopic (exact) mass is 228 g/mol. The average Bonchev–Trinajstić information content (AvgIpc) is 2.22. The van der Waals surface area contributed by atoms with Gasteiger partial charge in [0.15, 0.2) is 0 Å². The molecule has 0 fully saturated rings. The Hall–Kier alpha value is -0.570. The van der Waals surface area contributed by atoms with E-state index in [-0.39, 0.29) is 11.9 Å². The third-order valence-electron chi connectivity index (χ3n) is 2.69. The van der Waals surface area contributed by atoms with E-state index in [9.17, 15) is 4.79 Å². The van der Waals surface area contributed by atoms with Crippen molar-refractivity contribution in [3.05, 3.63) is 0 Å². The van der Waals surface area contributed by atoms with Crippen LogP contribution in [0.25, 0.3) is 0 Å². The molecule has 0 heterocycles. The van der Waals surface area contributed by atoms with E-state index in [1.807, 2.05) is 6.92 Å². The molecule has 1 unspecified atom stereocenters. The smallest absolute Gasteiger partial charge is 0.234 e. The maximum absolute atomic E-state index is 11.4. The SMILES string of the molecule is CCC(C)NC(=O)CNCCCCC(C)C. The summed E-state index contributed by atoms with van der Waals surface area (Å²) in [4.78, 5) is 11.4. The number of hydrogen-bond donors (Lipinski definition) is 2. The molecule has 2 N–H and O–H groups in total. The first-order valence-electron chi connectivity index (χ1n) is 6.56. The Morgan fingerprint density at radius 2 is 1.88 bits per heavy atom. The lowest BCUT2D eigenvalue weighted by Gasteiger charge is -2.11. The Bertz CT molecular complexity index is 181. The normalized spacial score (nSPS) is 12.8. The van der Waals surface area contributed by atoms with E-state index in [0.717, 1.165) is 25.3 Å². The molecule has 0 aromatic heterocycles. The number of unbranched alkanes of at least 4 members (excludes halogenated alkanes) is 1. The molecule has 1 atom stereocenters. The lowest BCUT2D eigenvalue weighted by Crippen LogP contribution is -2.38. The van der Waals surface area contributed by atoms with Crippen molar-refractivity contribution in [3.8, 4) is 0 Å². The molecule has 3 heteroatoms. The molecule has 1 amide bonds. The van der Waals surface area contributed by atoms with Crippen LogP contribution in [0.1, 0.15) is 53.4 Å². The van der Waals surface area contributed by atoms with Crippen molar-refractivity contribution < 1.29 is 4.79 Å². The summed E-state index contributed by atoms with van der Waals surface area (Å²) in [7, 11) is 0. The first-order chi connectivity index (χ1) is 7.56. The number of rotatable bonds is 9. The summed E-state index contributed by atoms with van der Waals surface area (Å²) in [6.45, 7) is 9.98. The van der Waals surface area contributed by atoms with Gasteiger partial charge in [0.25, 0.3) is 0 Å². The highest BCUT2D eigenvalue weighted by atomic mass is 16.1. The van der Waals surface area contributed by atoms with Crippen LogP contribution in [0.15, 0.2) is 0 Å². The summed E-state index contributed by atoms with van der Waals surface area (Å²) in [5, 5.41) is 6.11. The van der Waals surface area contributed by atoms with E-state index >= 15 is 0 Å². The van der Waals surface area contributed by atoms with Gasteiger partial charge >= 0.3 is 0 Å². The van der Waals surface area contributed by atoms with Crippen molar-refractivity contribution in [2.24, 2.45) is 5.92 Å². The van der Waals surface area contributed by atoms with Crippen molar-refractivity contribution in [3.63, 3.8) is 0 Å². The van der Waals surface area contributed by atoms with E-state index in [0.29, 0.717) is 6.54 Å². The topological polar surface area (TPSA) is 41.1 Å². The molecule has 0 saturated carbocycles. The Morgan fingerprint density at radius 1 is 1.19 bits per heavy atom. The summed E-state index contributed by atoms with van der Waals surface area (Å²) >= 11 is 0. The Labute approximate surface area is 100 Å². The molecule has 16 heavy (non-hydrogen) atoms. The van der Waals surface area contributed by atoms with E-state index in [1.54, 1.807) is 0 Å². The van der Waals surface area contributed by atoms with Gasteiger partial charge in [-0.25, -0.2) is 0 Å². The van der Waals surface area contributed by atoms with E-state index in [4.69, 9.17) is 0 Å². The molecule has 0 saturated heterocycles. The number of hydrogen-bond acceptors (Lipinski definition) is 2. The third kappa shape index (κ3) is 9.97. The fourth-order valence-corrected chi connectivity index (χ4v) is 1.43. The van der Waals surface area contributed by atoms with Gasteiger partial charge in [-0.2, -0.15) is 0 Å². The average molecular weight is 228 g/mol. The van der Waals surface area contributed by atoms with Crippen LogP contribution in [-0.4, -0.2) is 25.0 Å².